The van der Waals surface area contributed by atoms with E-state index < -0.39 is 0 Å². The number of methoxy groups -OCH3 is 1. The number of thiophene rings is 1. The normalized spacial score (nSPS) is 15.0. The molecule has 0 radical (unpaired) electrons. The summed E-state index contributed by atoms with van der Waals surface area (Å²) in [7, 11) is 1.63. The number of ether oxygens (including phenoxy) is 1. The lowest BCUT2D eigenvalue weighted by Gasteiger charge is -2.32. The van der Waals surface area contributed by atoms with Gasteiger partial charge in [0.2, 0.25) is 0 Å². The van der Waals surface area contributed by atoms with Crippen molar-refractivity contribution in [3.63, 3.8) is 0 Å². The second-order valence-corrected chi connectivity index (χ2v) is 9.91. The fourth-order valence-electron chi connectivity index (χ4n) is 4.40. The summed E-state index contributed by atoms with van der Waals surface area (Å²) >= 11 is 1.68. The van der Waals surface area contributed by atoms with E-state index in [-0.39, 0.29) is 5.91 Å². The highest BCUT2D eigenvalue weighted by Crippen LogP contribution is 2.35. The first-order chi connectivity index (χ1) is 15.5. The summed E-state index contributed by atoms with van der Waals surface area (Å²) in [5.74, 6) is 1.44. The maximum Gasteiger partial charge on any atom is 0.256 e. The van der Waals surface area contributed by atoms with Gasteiger partial charge >= 0.3 is 0 Å². The Labute approximate surface area is 195 Å². The molecule has 5 heteroatoms. The minimum atomic E-state index is -0.0725. The number of rotatable bonds is 7. The number of nitrogens with one attached hydrogen (secondary N) is 1. The van der Waals surface area contributed by atoms with Crippen LogP contribution < -0.4 is 10.1 Å². The van der Waals surface area contributed by atoms with E-state index in [1.807, 2.05) is 12.1 Å². The number of likely N-dealkylation sites (tertiary alicyclic amines) is 1. The van der Waals surface area contributed by atoms with Crippen LogP contribution in [0.3, 0.4) is 0 Å². The summed E-state index contributed by atoms with van der Waals surface area (Å²) in [6.45, 7) is 7.42. The molecule has 0 spiro atoms. The number of carbonyl (C=O) groups is 1. The molecule has 0 atom stereocenters. The molecule has 1 saturated heterocycles. The second-order valence-electron chi connectivity index (χ2n) is 8.68. The number of anilines is 1. The van der Waals surface area contributed by atoms with E-state index >= 15 is 0 Å². The minimum absolute atomic E-state index is 0.0725. The molecule has 3 aromatic rings. The Kier molecular flexibility index (Phi) is 7.28. The predicted octanol–water partition coefficient (Wildman–Crippen LogP) is 6.08. The first kappa shape index (κ1) is 22.6. The molecule has 2 heterocycles. The van der Waals surface area contributed by atoms with Gasteiger partial charge in [0.15, 0.2) is 0 Å². The largest absolute Gasteiger partial charge is 0.497 e. The van der Waals surface area contributed by atoms with E-state index in [4.69, 9.17) is 4.74 Å². The van der Waals surface area contributed by atoms with E-state index in [9.17, 15) is 4.79 Å². The smallest absolute Gasteiger partial charge is 0.256 e. The van der Waals surface area contributed by atoms with E-state index in [0.717, 1.165) is 36.3 Å². The molecule has 0 aliphatic carbocycles. The highest BCUT2D eigenvalue weighted by molar-refractivity contribution is 7.16. The van der Waals surface area contributed by atoms with Crippen LogP contribution in [-0.2, 0) is 13.0 Å². The minimum Gasteiger partial charge on any atom is -0.497 e. The molecule has 1 fully saturated rings. The van der Waals surface area contributed by atoms with Crippen LogP contribution in [0.5, 0.6) is 5.75 Å². The van der Waals surface area contributed by atoms with Gasteiger partial charge in [-0.2, -0.15) is 0 Å². The molecule has 1 aliphatic rings. The monoisotopic (exact) mass is 448 g/mol. The van der Waals surface area contributed by atoms with Gasteiger partial charge in [0.1, 0.15) is 10.8 Å². The maximum atomic E-state index is 12.8. The van der Waals surface area contributed by atoms with Crippen LogP contribution in [0.25, 0.3) is 0 Å². The first-order valence-corrected chi connectivity index (χ1v) is 12.2. The molecule has 1 N–H and O–H groups in total. The zero-order chi connectivity index (χ0) is 22.5. The van der Waals surface area contributed by atoms with Crippen LogP contribution in [0.15, 0.2) is 54.6 Å². The number of hydrogen-bond acceptors (Lipinski definition) is 4. The lowest BCUT2D eigenvalue weighted by atomic mass is 9.90. The van der Waals surface area contributed by atoms with Crippen molar-refractivity contribution < 1.29 is 9.53 Å². The molecule has 0 bridgehead atoms. The Bertz CT molecular complexity index is 1040. The highest BCUT2D eigenvalue weighted by atomic mass is 32.1. The summed E-state index contributed by atoms with van der Waals surface area (Å²) in [5.41, 5.74) is 4.64. The standard InChI is InChI=1S/C27H32N2O2S/c1-19-20(2)32-27(28-26(30)23-9-11-24(31-3)12-10-23)25(19)18-29-15-13-22(14-16-29)17-21-7-5-4-6-8-21/h4-12,22H,13-18H2,1-3H3,(H,28,30). The van der Waals surface area contributed by atoms with Gasteiger partial charge in [-0.3, -0.25) is 9.69 Å². The molecule has 4 nitrogen and oxygen atoms in total. The van der Waals surface area contributed by atoms with Crippen molar-refractivity contribution in [2.75, 3.05) is 25.5 Å². The van der Waals surface area contributed by atoms with Gasteiger partial charge < -0.3 is 10.1 Å². The van der Waals surface area contributed by atoms with Crippen molar-refractivity contribution in [1.29, 1.82) is 0 Å². The lowest BCUT2D eigenvalue weighted by molar-refractivity contribution is 0.102. The zero-order valence-electron chi connectivity index (χ0n) is 19.2. The molecule has 4 rings (SSSR count). The molecule has 0 unspecified atom stereocenters. The van der Waals surface area contributed by atoms with Crippen LogP contribution in [-0.4, -0.2) is 31.0 Å². The van der Waals surface area contributed by atoms with E-state index in [2.05, 4.69) is 54.4 Å². The fourth-order valence-corrected chi connectivity index (χ4v) is 5.47. The number of aryl methyl sites for hydroxylation is 1. The molecule has 32 heavy (non-hydrogen) atoms. The molecule has 2 aromatic carbocycles. The Morgan fingerprint density at radius 3 is 2.41 bits per heavy atom. The van der Waals surface area contributed by atoms with Gasteiger partial charge in [0.25, 0.3) is 5.91 Å². The van der Waals surface area contributed by atoms with Gasteiger partial charge in [0.05, 0.1) is 7.11 Å². The van der Waals surface area contributed by atoms with Gasteiger partial charge in [0, 0.05) is 22.5 Å². The average Bonchev–Trinajstić information content (AvgIpc) is 3.08. The molecular weight excluding hydrogens is 416 g/mol. The van der Waals surface area contributed by atoms with Crippen LogP contribution >= 0.6 is 11.3 Å². The topological polar surface area (TPSA) is 41.6 Å². The van der Waals surface area contributed by atoms with Crippen molar-refractivity contribution in [1.82, 2.24) is 4.90 Å². The molecule has 168 valence electrons. The quantitative estimate of drug-likeness (QED) is 0.476. The van der Waals surface area contributed by atoms with Crippen molar-refractivity contribution in [3.05, 3.63) is 81.7 Å². The number of carbonyl (C=O) groups excluding carboxylic acids is 1. The molecule has 0 saturated carbocycles. The summed E-state index contributed by atoms with van der Waals surface area (Å²) < 4.78 is 5.20. The van der Waals surface area contributed by atoms with Crippen LogP contribution in [0, 0.1) is 19.8 Å². The molecule has 1 aliphatic heterocycles. The zero-order valence-corrected chi connectivity index (χ0v) is 20.0. The number of benzene rings is 2. The van der Waals surface area contributed by atoms with Crippen molar-refractivity contribution in [3.8, 4) is 5.75 Å². The first-order valence-electron chi connectivity index (χ1n) is 11.3. The average molecular weight is 449 g/mol. The van der Waals surface area contributed by atoms with E-state index in [0.29, 0.717) is 5.56 Å². The van der Waals surface area contributed by atoms with Gasteiger partial charge in [-0.25, -0.2) is 0 Å². The molecule has 1 aromatic heterocycles. The molecule has 1 amide bonds. The third kappa shape index (κ3) is 5.40. The van der Waals surface area contributed by atoms with Crippen molar-refractivity contribution >= 4 is 22.2 Å². The lowest BCUT2D eigenvalue weighted by Crippen LogP contribution is -2.34. The Balaban J connectivity index is 1.38. The third-order valence-corrected chi connectivity index (χ3v) is 7.71. The van der Waals surface area contributed by atoms with Gasteiger partial charge in [-0.1, -0.05) is 30.3 Å². The van der Waals surface area contributed by atoms with E-state index in [1.54, 1.807) is 30.6 Å². The Hall–Kier alpha value is -2.63. The second kappa shape index (κ2) is 10.3. The van der Waals surface area contributed by atoms with Crippen LogP contribution in [0.2, 0.25) is 0 Å². The number of piperidine rings is 1. The summed E-state index contributed by atoms with van der Waals surface area (Å²) in [5, 5.41) is 4.15. The summed E-state index contributed by atoms with van der Waals surface area (Å²) in [4.78, 5) is 16.6. The summed E-state index contributed by atoms with van der Waals surface area (Å²) in [6, 6.07) is 18.1. The van der Waals surface area contributed by atoms with Crippen molar-refractivity contribution in [2.45, 2.75) is 39.7 Å². The predicted molar refractivity (Wildman–Crippen MR) is 133 cm³/mol. The molecular formula is C27H32N2O2S. The van der Waals surface area contributed by atoms with E-state index in [1.165, 1.54) is 40.8 Å². The fraction of sp³-hybridized carbons (Fsp3) is 0.370. The number of nitrogens with zero attached hydrogens (tertiary/aromatic N) is 1. The number of amides is 1. The van der Waals surface area contributed by atoms with Crippen molar-refractivity contribution in [2.24, 2.45) is 5.92 Å². The Morgan fingerprint density at radius 1 is 1.06 bits per heavy atom. The van der Waals surface area contributed by atoms with Gasteiger partial charge in [-0.05, 0) is 87.5 Å². The maximum absolute atomic E-state index is 12.8. The highest BCUT2D eigenvalue weighted by Gasteiger charge is 2.23. The van der Waals surface area contributed by atoms with Crippen LogP contribution in [0.4, 0.5) is 5.00 Å². The van der Waals surface area contributed by atoms with Crippen LogP contribution in [0.1, 0.15) is 44.8 Å². The summed E-state index contributed by atoms with van der Waals surface area (Å²) in [6.07, 6.45) is 3.63. The Morgan fingerprint density at radius 2 is 1.75 bits per heavy atom. The third-order valence-electron chi connectivity index (χ3n) is 6.55. The SMILES string of the molecule is COc1ccc(C(=O)Nc2sc(C)c(C)c2CN2CCC(Cc3ccccc3)CC2)cc1. The van der Waals surface area contributed by atoms with Gasteiger partial charge in [-0.15, -0.1) is 11.3 Å². The number of hydrogen-bond donors (Lipinski definition) is 1.